The maximum atomic E-state index is 13.4. The molecule has 22 heteroatoms. The van der Waals surface area contributed by atoms with Gasteiger partial charge in [0.1, 0.15) is 73.2 Å². The number of fused-ring (bicyclic) bond motifs is 7. The molecule has 0 bridgehead atoms. The second-order valence-corrected chi connectivity index (χ2v) is 25.2. The number of ether oxygens (including phenoxy) is 8. The highest BCUT2D eigenvalue weighted by Crippen LogP contribution is 2.76. The van der Waals surface area contributed by atoms with Crippen LogP contribution in [0.3, 0.4) is 0 Å². The lowest BCUT2D eigenvalue weighted by Gasteiger charge is -2.72. The van der Waals surface area contributed by atoms with Crippen molar-refractivity contribution in [3.8, 4) is 0 Å². The molecule has 11 N–H and O–H groups in total. The van der Waals surface area contributed by atoms with Crippen LogP contribution in [-0.4, -0.2) is 204 Å². The Morgan fingerprint density at radius 1 is 0.684 bits per heavy atom. The minimum Gasteiger partial charge on any atom is -0.479 e. The molecule has 432 valence electrons. The van der Waals surface area contributed by atoms with Crippen molar-refractivity contribution < 1.29 is 108 Å². The van der Waals surface area contributed by atoms with E-state index in [9.17, 15) is 70.6 Å². The predicted molar refractivity (Wildman–Crippen MR) is 262 cm³/mol. The fourth-order valence-electron chi connectivity index (χ4n) is 16.0. The van der Waals surface area contributed by atoms with Crippen LogP contribution in [0.25, 0.3) is 0 Å². The van der Waals surface area contributed by atoms with Gasteiger partial charge >= 0.3 is 17.9 Å². The van der Waals surface area contributed by atoms with E-state index in [2.05, 4.69) is 40.7 Å². The fraction of sp³-hybridized carbons (Fsp3) is 0.870. The Bertz CT molecular complexity index is 2220. The van der Waals surface area contributed by atoms with Crippen LogP contribution in [0.5, 0.6) is 0 Å². The highest BCUT2D eigenvalue weighted by molar-refractivity contribution is 5.87. The van der Waals surface area contributed by atoms with Crippen molar-refractivity contribution in [3.05, 3.63) is 23.3 Å². The third-order valence-electron chi connectivity index (χ3n) is 20.6. The monoisotopic (exact) mass is 1080 g/mol. The maximum Gasteiger partial charge on any atom is 0.335 e. The number of carbonyl (C=O) groups excluding carboxylic acids is 2. The van der Waals surface area contributed by atoms with Gasteiger partial charge in [0.25, 0.3) is 0 Å². The van der Waals surface area contributed by atoms with Gasteiger partial charge in [0, 0.05) is 17.9 Å². The Morgan fingerprint density at radius 3 is 1.84 bits per heavy atom. The molecule has 7 fully saturated rings. The molecule has 8 aliphatic rings. The number of carboxylic acids is 1. The first-order valence-corrected chi connectivity index (χ1v) is 26.9. The van der Waals surface area contributed by atoms with E-state index in [4.69, 9.17) is 37.9 Å². The lowest BCUT2D eigenvalue weighted by Crippen LogP contribution is -2.72. The van der Waals surface area contributed by atoms with E-state index < -0.39 is 181 Å². The normalized spacial score (nSPS) is 49.8. The zero-order chi connectivity index (χ0) is 56.2. The zero-order valence-corrected chi connectivity index (χ0v) is 45.3. The highest BCUT2D eigenvalue weighted by Gasteiger charge is 2.74. The first-order chi connectivity index (χ1) is 35.4. The summed E-state index contributed by atoms with van der Waals surface area (Å²) >= 11 is 0. The van der Waals surface area contributed by atoms with Gasteiger partial charge in [-0.15, -0.1) is 0 Å². The molecule has 76 heavy (non-hydrogen) atoms. The molecule has 8 rings (SSSR count). The van der Waals surface area contributed by atoms with Crippen molar-refractivity contribution in [2.24, 2.45) is 50.2 Å². The van der Waals surface area contributed by atoms with Crippen molar-refractivity contribution in [1.82, 2.24) is 0 Å². The number of aliphatic hydroxyl groups excluding tert-OH is 10. The Balaban J connectivity index is 1.12. The van der Waals surface area contributed by atoms with Gasteiger partial charge in [0.2, 0.25) is 0 Å². The van der Waals surface area contributed by atoms with Crippen LogP contribution >= 0.6 is 0 Å². The first-order valence-electron chi connectivity index (χ1n) is 26.9. The molecule has 0 radical (unpaired) electrons. The van der Waals surface area contributed by atoms with Gasteiger partial charge in [-0.3, -0.25) is 4.79 Å². The third-order valence-corrected chi connectivity index (χ3v) is 20.6. The van der Waals surface area contributed by atoms with Crippen molar-refractivity contribution >= 4 is 17.9 Å². The van der Waals surface area contributed by atoms with E-state index in [1.807, 2.05) is 13.8 Å². The Morgan fingerprint density at radius 2 is 1.28 bits per heavy atom. The van der Waals surface area contributed by atoms with Gasteiger partial charge < -0.3 is 94.1 Å². The molecule has 0 aromatic heterocycles. The molecule has 25 atom stereocenters. The van der Waals surface area contributed by atoms with E-state index in [0.717, 1.165) is 5.57 Å². The van der Waals surface area contributed by atoms with Crippen LogP contribution in [0.4, 0.5) is 0 Å². The summed E-state index contributed by atoms with van der Waals surface area (Å²) in [4.78, 5) is 39.2. The molecular weight excluding hydrogens is 1000 g/mol. The number of carboxylic acid groups (broad SMARTS) is 1. The van der Waals surface area contributed by atoms with Gasteiger partial charge in [-0.05, 0) is 98.2 Å². The van der Waals surface area contributed by atoms with Gasteiger partial charge in [-0.25, -0.2) is 9.59 Å². The average Bonchev–Trinajstić information content (AvgIpc) is 3.65. The van der Waals surface area contributed by atoms with E-state index in [0.29, 0.717) is 44.1 Å². The van der Waals surface area contributed by atoms with E-state index >= 15 is 0 Å². The SMILES string of the molecule is C/C=C(\C)C(=O)O[C@H]1[C@H](OC(C)=O)[C@@]2(CO)C(CC1(C)C)C1=CC[C@@H]3[C@@]4(C)CC[C@H](O[C@@H]5O[C@H](C(=O)O)[C@@H](O)[C@H](O[C@@H]6O[C@@H](CO)[C@H](O)[C@H]6O)[C@H]5OC5O[C@H](CO)[C@H](O)[C@H](O)[C@H]5O)C(C)(C)[C@@H]4CC[C@@]3(C)[C@]1(C)C[C@H]2O. The van der Waals surface area contributed by atoms with Crippen LogP contribution in [0.1, 0.15) is 114 Å². The fourth-order valence-corrected chi connectivity index (χ4v) is 16.0. The Labute approximate surface area is 443 Å². The number of hydrogen-bond acceptors (Lipinski definition) is 21. The lowest BCUT2D eigenvalue weighted by molar-refractivity contribution is -0.386. The molecule has 0 amide bonds. The number of allylic oxidation sites excluding steroid dienone is 3. The van der Waals surface area contributed by atoms with Crippen LogP contribution in [0.2, 0.25) is 0 Å². The number of aliphatic carboxylic acids is 1. The van der Waals surface area contributed by atoms with E-state index in [1.54, 1.807) is 19.9 Å². The summed E-state index contributed by atoms with van der Waals surface area (Å²) in [6.07, 6.45) is -21.6. The molecule has 0 aromatic carbocycles. The van der Waals surface area contributed by atoms with E-state index in [1.165, 1.54) is 6.92 Å². The first kappa shape index (κ1) is 59.4. The second-order valence-electron chi connectivity index (χ2n) is 25.2. The molecule has 5 aliphatic carbocycles. The summed E-state index contributed by atoms with van der Waals surface area (Å²) in [6, 6.07) is 0. The van der Waals surface area contributed by atoms with Crippen molar-refractivity contribution in [3.63, 3.8) is 0 Å². The smallest absolute Gasteiger partial charge is 0.335 e. The Hall–Kier alpha value is -2.75. The van der Waals surface area contributed by atoms with Gasteiger partial charge in [-0.2, -0.15) is 0 Å². The molecule has 2 unspecified atom stereocenters. The van der Waals surface area contributed by atoms with Gasteiger partial charge in [-0.1, -0.05) is 66.2 Å². The summed E-state index contributed by atoms with van der Waals surface area (Å²) in [5, 5.41) is 120. The number of carbonyl (C=O) groups is 3. The minimum atomic E-state index is -2.10. The lowest BCUT2D eigenvalue weighted by atomic mass is 9.33. The summed E-state index contributed by atoms with van der Waals surface area (Å²) in [5.74, 6) is -3.33. The third kappa shape index (κ3) is 9.32. The van der Waals surface area contributed by atoms with Gasteiger partial charge in [0.05, 0.1) is 37.4 Å². The standard InChI is InChI=1S/C54H84O22/c1-11-23(2)45(68)76-42-43(69-24(3)58)54(22-57)26(18-49(42,4)5)25-12-13-30-51(8)16-15-32(50(6,7)29(51)14-17-52(30,9)53(25,10)19-31(54)59)72-48-41(75-47-37(64)35(62)33(60)27(20-55)70-47)39(38(65)40(74-48)44(66)67)73-46-36(63)34(61)28(21-56)71-46/h11-12,26-43,46-48,55-57,59-65H,13-22H2,1-10H3,(H,66,67)/b23-11+/t26?,27-,28+,29+,30-,31-,32+,33+,34+,35+,36-,37-,38+,39+,40+,41-,42+,43+,46+,47?,48-,51+,52-,53-,54+/m1/s1. The predicted octanol–water partition coefficient (Wildman–Crippen LogP) is 0.346. The topological polar surface area (TPSA) is 348 Å². The van der Waals surface area contributed by atoms with Crippen molar-refractivity contribution in [2.75, 3.05) is 19.8 Å². The molecule has 3 saturated heterocycles. The molecule has 0 spiro atoms. The maximum absolute atomic E-state index is 13.4. The molecular formula is C54H84O22. The van der Waals surface area contributed by atoms with Crippen LogP contribution in [-0.2, 0) is 52.3 Å². The molecule has 22 nitrogen and oxygen atoms in total. The summed E-state index contributed by atoms with van der Waals surface area (Å²) < 4.78 is 48.8. The molecule has 3 heterocycles. The Kier molecular flexibility index (Phi) is 16.6. The van der Waals surface area contributed by atoms with E-state index in [-0.39, 0.29) is 23.7 Å². The molecule has 0 aromatic rings. The summed E-state index contributed by atoms with van der Waals surface area (Å²) in [7, 11) is 0. The summed E-state index contributed by atoms with van der Waals surface area (Å²) in [6.45, 7) is 17.3. The quantitative estimate of drug-likeness (QED) is 0.0513. The number of esters is 2. The largest absolute Gasteiger partial charge is 0.479 e. The van der Waals surface area contributed by atoms with Crippen LogP contribution < -0.4 is 0 Å². The second kappa shape index (κ2) is 21.3. The minimum absolute atomic E-state index is 0.0355. The highest BCUT2D eigenvalue weighted by atomic mass is 16.8. The van der Waals surface area contributed by atoms with Crippen molar-refractivity contribution in [1.29, 1.82) is 0 Å². The van der Waals surface area contributed by atoms with Crippen molar-refractivity contribution in [2.45, 2.75) is 225 Å². The number of hydrogen-bond donors (Lipinski definition) is 11. The number of aliphatic hydroxyl groups is 10. The molecule has 3 aliphatic heterocycles. The summed E-state index contributed by atoms with van der Waals surface area (Å²) in [5.41, 5.74) is -2.88. The number of rotatable bonds is 13. The van der Waals surface area contributed by atoms with Crippen LogP contribution in [0, 0.1) is 50.2 Å². The van der Waals surface area contributed by atoms with Gasteiger partial charge in [0.15, 0.2) is 25.0 Å². The van der Waals surface area contributed by atoms with Crippen LogP contribution in [0.15, 0.2) is 23.3 Å². The zero-order valence-electron chi connectivity index (χ0n) is 45.3. The molecule has 4 saturated carbocycles. The average molecular weight is 1090 g/mol.